The first-order valence-electron chi connectivity index (χ1n) is 3.80. The highest BCUT2D eigenvalue weighted by Crippen LogP contribution is 2.17. The Bertz CT molecular complexity index is 269. The highest BCUT2D eigenvalue weighted by Gasteiger charge is 2.07. The third kappa shape index (κ3) is 1.81. The van der Waals surface area contributed by atoms with E-state index in [4.69, 9.17) is 0 Å². The highest BCUT2D eigenvalue weighted by atomic mass is 19.1. The van der Waals surface area contributed by atoms with Crippen molar-refractivity contribution in [3.63, 3.8) is 0 Å². The molecule has 1 aromatic carbocycles. The van der Waals surface area contributed by atoms with Gasteiger partial charge in [0, 0.05) is 5.92 Å². The quantitative estimate of drug-likeness (QED) is 0.638. The van der Waals surface area contributed by atoms with Crippen LogP contribution >= 0.6 is 0 Å². The van der Waals surface area contributed by atoms with E-state index in [1.807, 2.05) is 0 Å². The Labute approximate surface area is 71.2 Å². The van der Waals surface area contributed by atoms with Crippen molar-refractivity contribution < 1.29 is 8.78 Å². The van der Waals surface area contributed by atoms with Gasteiger partial charge in [0.2, 0.25) is 0 Å². The van der Waals surface area contributed by atoms with E-state index in [1.54, 1.807) is 26.0 Å². The highest BCUT2D eigenvalue weighted by molar-refractivity contribution is 5.32. The maximum atomic E-state index is 12.9. The molecule has 2 heteroatoms. The van der Waals surface area contributed by atoms with Crippen LogP contribution in [0.2, 0.25) is 0 Å². The molecule has 1 radical (unpaired) electrons. The summed E-state index contributed by atoms with van der Waals surface area (Å²) in [4.78, 5) is 0. The standard InChI is InChI=1S/C10H11F2/c1-7-3-4-9(5-10(7)12)8(2)6-11/h3-5H,6H2,1-2H3. The SMILES string of the molecule is C[C](CF)c1ccc(C)c(F)c1. The average molecular weight is 169 g/mol. The van der Waals surface area contributed by atoms with Gasteiger partial charge in [0.15, 0.2) is 0 Å². The molecule has 0 unspecified atom stereocenters. The lowest BCUT2D eigenvalue weighted by Gasteiger charge is -2.06. The molecular formula is C10H11F2. The second kappa shape index (κ2) is 3.65. The van der Waals surface area contributed by atoms with Crippen LogP contribution < -0.4 is 0 Å². The maximum absolute atomic E-state index is 12.9. The van der Waals surface area contributed by atoms with Gasteiger partial charge in [0.1, 0.15) is 5.82 Å². The number of benzene rings is 1. The summed E-state index contributed by atoms with van der Waals surface area (Å²) in [5.41, 5.74) is 1.23. The molecule has 0 saturated heterocycles. The van der Waals surface area contributed by atoms with Gasteiger partial charge in [0.05, 0.1) is 6.67 Å². The van der Waals surface area contributed by atoms with Crippen molar-refractivity contribution >= 4 is 0 Å². The van der Waals surface area contributed by atoms with E-state index in [2.05, 4.69) is 0 Å². The summed E-state index contributed by atoms with van der Waals surface area (Å²) in [6.07, 6.45) is 0. The number of alkyl halides is 1. The third-order valence-electron chi connectivity index (χ3n) is 1.87. The topological polar surface area (TPSA) is 0 Å². The Balaban J connectivity index is 2.96. The number of hydrogen-bond donors (Lipinski definition) is 0. The van der Waals surface area contributed by atoms with Gasteiger partial charge in [-0.2, -0.15) is 0 Å². The first-order chi connectivity index (χ1) is 5.65. The van der Waals surface area contributed by atoms with Crippen molar-refractivity contribution in [3.8, 4) is 0 Å². The Hall–Kier alpha value is -0.920. The minimum atomic E-state index is -0.525. The number of hydrogen-bond acceptors (Lipinski definition) is 0. The Kier molecular flexibility index (Phi) is 2.79. The minimum absolute atomic E-state index is 0.277. The maximum Gasteiger partial charge on any atom is 0.126 e. The molecule has 1 aromatic rings. The number of rotatable bonds is 2. The summed E-state index contributed by atoms with van der Waals surface area (Å²) in [7, 11) is 0. The summed E-state index contributed by atoms with van der Waals surface area (Å²) >= 11 is 0. The van der Waals surface area contributed by atoms with Crippen molar-refractivity contribution in [1.29, 1.82) is 0 Å². The molecule has 0 aliphatic rings. The van der Waals surface area contributed by atoms with Crippen molar-refractivity contribution in [2.75, 3.05) is 6.67 Å². The summed E-state index contributed by atoms with van der Waals surface area (Å²) in [5, 5.41) is 0. The number of halogens is 2. The molecule has 0 aliphatic carbocycles. The second-order valence-corrected chi connectivity index (χ2v) is 2.88. The van der Waals surface area contributed by atoms with Gasteiger partial charge in [-0.05, 0) is 24.1 Å². The molecule has 1 rings (SSSR count). The summed E-state index contributed by atoms with van der Waals surface area (Å²) < 4.78 is 25.1. The van der Waals surface area contributed by atoms with Gasteiger partial charge >= 0.3 is 0 Å². The minimum Gasteiger partial charge on any atom is -0.250 e. The van der Waals surface area contributed by atoms with Crippen LogP contribution in [-0.2, 0) is 0 Å². The van der Waals surface area contributed by atoms with Crippen LogP contribution in [0.5, 0.6) is 0 Å². The lowest BCUT2D eigenvalue weighted by Crippen LogP contribution is -1.97. The van der Waals surface area contributed by atoms with E-state index in [0.717, 1.165) is 0 Å². The zero-order chi connectivity index (χ0) is 9.14. The Morgan fingerprint density at radius 1 is 1.42 bits per heavy atom. The van der Waals surface area contributed by atoms with Crippen molar-refractivity contribution in [3.05, 3.63) is 41.1 Å². The van der Waals surface area contributed by atoms with Crippen LogP contribution in [0.1, 0.15) is 18.1 Å². The van der Waals surface area contributed by atoms with Crippen molar-refractivity contribution in [1.82, 2.24) is 0 Å². The molecule has 0 spiro atoms. The van der Waals surface area contributed by atoms with Gasteiger partial charge in [0.25, 0.3) is 0 Å². The van der Waals surface area contributed by atoms with Crippen LogP contribution in [0.4, 0.5) is 8.78 Å². The normalized spacial score (nSPS) is 10.8. The Morgan fingerprint density at radius 3 is 2.58 bits per heavy atom. The fourth-order valence-electron chi connectivity index (χ4n) is 0.935. The first kappa shape index (κ1) is 9.17. The fraction of sp³-hybridized carbons (Fsp3) is 0.300. The Morgan fingerprint density at radius 2 is 2.08 bits per heavy atom. The molecule has 0 fully saturated rings. The predicted molar refractivity (Wildman–Crippen MR) is 45.1 cm³/mol. The molecule has 0 amide bonds. The van der Waals surface area contributed by atoms with E-state index in [0.29, 0.717) is 17.0 Å². The van der Waals surface area contributed by atoms with Crippen LogP contribution in [0, 0.1) is 18.7 Å². The van der Waals surface area contributed by atoms with E-state index in [1.165, 1.54) is 6.07 Å². The average Bonchev–Trinajstić information content (AvgIpc) is 2.08. The van der Waals surface area contributed by atoms with Crippen LogP contribution in [0.15, 0.2) is 18.2 Å². The zero-order valence-corrected chi connectivity index (χ0v) is 7.20. The molecule has 12 heavy (non-hydrogen) atoms. The molecule has 0 aromatic heterocycles. The van der Waals surface area contributed by atoms with Gasteiger partial charge < -0.3 is 0 Å². The zero-order valence-electron chi connectivity index (χ0n) is 7.20. The largest absolute Gasteiger partial charge is 0.250 e. The molecule has 0 bridgehead atoms. The smallest absolute Gasteiger partial charge is 0.126 e. The monoisotopic (exact) mass is 169 g/mol. The summed E-state index contributed by atoms with van der Waals surface area (Å²) in [6.45, 7) is 2.82. The lowest BCUT2D eigenvalue weighted by atomic mass is 10.0. The summed E-state index contributed by atoms with van der Waals surface area (Å²) in [6, 6.07) is 4.75. The van der Waals surface area contributed by atoms with E-state index >= 15 is 0 Å². The van der Waals surface area contributed by atoms with Crippen LogP contribution in [0.3, 0.4) is 0 Å². The fourth-order valence-corrected chi connectivity index (χ4v) is 0.935. The second-order valence-electron chi connectivity index (χ2n) is 2.88. The third-order valence-corrected chi connectivity index (χ3v) is 1.87. The van der Waals surface area contributed by atoms with Gasteiger partial charge in [-0.25, -0.2) is 4.39 Å². The number of aryl methyl sites for hydroxylation is 1. The van der Waals surface area contributed by atoms with Gasteiger partial charge in [-0.1, -0.05) is 19.1 Å². The molecule has 65 valence electrons. The van der Waals surface area contributed by atoms with Crippen molar-refractivity contribution in [2.45, 2.75) is 13.8 Å². The van der Waals surface area contributed by atoms with Gasteiger partial charge in [-0.3, -0.25) is 4.39 Å². The molecule has 0 nitrogen and oxygen atoms in total. The van der Waals surface area contributed by atoms with E-state index in [-0.39, 0.29) is 5.82 Å². The molecule has 0 heterocycles. The van der Waals surface area contributed by atoms with E-state index < -0.39 is 6.67 Å². The molecular weight excluding hydrogens is 158 g/mol. The van der Waals surface area contributed by atoms with Crippen LogP contribution in [0.25, 0.3) is 0 Å². The first-order valence-corrected chi connectivity index (χ1v) is 3.80. The summed E-state index contributed by atoms with van der Waals surface area (Å²) in [5.74, 6) is 0.286. The molecule has 0 saturated carbocycles. The van der Waals surface area contributed by atoms with Gasteiger partial charge in [-0.15, -0.1) is 0 Å². The van der Waals surface area contributed by atoms with Crippen molar-refractivity contribution in [2.24, 2.45) is 0 Å². The van der Waals surface area contributed by atoms with E-state index in [9.17, 15) is 8.78 Å². The molecule has 0 atom stereocenters. The van der Waals surface area contributed by atoms with Crippen LogP contribution in [-0.4, -0.2) is 6.67 Å². The predicted octanol–water partition coefficient (Wildman–Crippen LogP) is 3.05. The molecule has 0 aliphatic heterocycles. The molecule has 0 N–H and O–H groups in total. The lowest BCUT2D eigenvalue weighted by molar-refractivity contribution is 0.515.